The third-order valence-electron chi connectivity index (χ3n) is 4.53. The van der Waals surface area contributed by atoms with Crippen LogP contribution in [0.5, 0.6) is 0 Å². The van der Waals surface area contributed by atoms with E-state index in [1.807, 2.05) is 51.1 Å². The lowest BCUT2D eigenvalue weighted by Gasteiger charge is -2.17. The molecular weight excluding hydrogens is 348 g/mol. The number of aromatic nitrogens is 2. The van der Waals surface area contributed by atoms with Crippen molar-refractivity contribution in [2.45, 2.75) is 46.3 Å². The van der Waals surface area contributed by atoms with Crippen LogP contribution < -0.4 is 5.56 Å². The van der Waals surface area contributed by atoms with Crippen molar-refractivity contribution in [2.75, 3.05) is 0 Å². The van der Waals surface area contributed by atoms with Gasteiger partial charge in [0.25, 0.3) is 5.56 Å². The summed E-state index contributed by atoms with van der Waals surface area (Å²) in [5.74, 6) is -0.421. The molecule has 5 nitrogen and oxygen atoms in total. The number of rotatable bonds is 5. The Balaban J connectivity index is 2.11. The van der Waals surface area contributed by atoms with Gasteiger partial charge in [0.05, 0.1) is 17.8 Å². The second-order valence-corrected chi connectivity index (χ2v) is 7.57. The molecule has 0 saturated carbocycles. The second kappa shape index (κ2) is 7.41. The number of nitrogens with zero attached hydrogens (tertiary/aromatic N) is 2. The fourth-order valence-electron chi connectivity index (χ4n) is 2.84. The molecule has 0 amide bonds. The van der Waals surface area contributed by atoms with Crippen LogP contribution in [0.2, 0.25) is 0 Å². The molecule has 6 heteroatoms. The summed E-state index contributed by atoms with van der Waals surface area (Å²) in [5, 5.41) is 0.560. The number of thiophene rings is 1. The Morgan fingerprint density at radius 3 is 2.62 bits per heavy atom. The highest BCUT2D eigenvalue weighted by molar-refractivity contribution is 7.19. The van der Waals surface area contributed by atoms with Gasteiger partial charge in [0, 0.05) is 10.4 Å². The molecule has 2 aromatic heterocycles. The molecule has 2 atom stereocenters. The van der Waals surface area contributed by atoms with Gasteiger partial charge in [0.1, 0.15) is 10.9 Å². The Labute approximate surface area is 156 Å². The topological polar surface area (TPSA) is 61.2 Å². The molecule has 3 rings (SSSR count). The number of hydrogen-bond donors (Lipinski definition) is 0. The average Bonchev–Trinajstić information content (AvgIpc) is 2.98. The molecule has 136 valence electrons. The van der Waals surface area contributed by atoms with E-state index in [1.54, 1.807) is 6.92 Å². The molecular formula is C20H22N2O3S. The first-order chi connectivity index (χ1) is 12.4. The molecule has 3 aromatic rings. The molecule has 0 bridgehead atoms. The summed E-state index contributed by atoms with van der Waals surface area (Å²) in [6.07, 6.45) is 1.99. The molecule has 0 N–H and O–H groups in total. The molecule has 0 aliphatic carbocycles. The van der Waals surface area contributed by atoms with Gasteiger partial charge in [-0.25, -0.2) is 9.78 Å². The number of esters is 1. The number of hydrogen-bond acceptors (Lipinski definition) is 5. The number of carbonyl (C=O) groups is 1. The van der Waals surface area contributed by atoms with Crippen molar-refractivity contribution in [1.82, 2.24) is 9.55 Å². The van der Waals surface area contributed by atoms with Crippen LogP contribution in [0, 0.1) is 6.92 Å². The van der Waals surface area contributed by atoms with Crippen molar-refractivity contribution >= 4 is 27.5 Å². The number of ether oxygens (including phenoxy) is 1. The smallest absolute Gasteiger partial charge is 0.329 e. The molecule has 0 fully saturated rings. The Morgan fingerprint density at radius 2 is 1.96 bits per heavy atom. The maximum absolute atomic E-state index is 13.2. The minimum Gasteiger partial charge on any atom is -0.461 e. The molecule has 26 heavy (non-hydrogen) atoms. The van der Waals surface area contributed by atoms with Crippen LogP contribution in [0.3, 0.4) is 0 Å². The van der Waals surface area contributed by atoms with E-state index in [0.29, 0.717) is 10.2 Å². The third-order valence-corrected chi connectivity index (χ3v) is 5.54. The number of aryl methyl sites for hydroxylation is 1. The van der Waals surface area contributed by atoms with Gasteiger partial charge in [-0.3, -0.25) is 9.36 Å². The van der Waals surface area contributed by atoms with E-state index >= 15 is 0 Å². The van der Waals surface area contributed by atoms with E-state index in [-0.39, 0.29) is 11.7 Å². The number of fused-ring (bicyclic) bond motifs is 1. The zero-order valence-corrected chi connectivity index (χ0v) is 16.2. The zero-order chi connectivity index (χ0) is 18.8. The van der Waals surface area contributed by atoms with Gasteiger partial charge < -0.3 is 4.74 Å². The summed E-state index contributed by atoms with van der Waals surface area (Å²) < 4.78 is 6.75. The lowest BCUT2D eigenvalue weighted by atomic mass is 10.0. The van der Waals surface area contributed by atoms with Crippen molar-refractivity contribution in [2.24, 2.45) is 0 Å². The number of carbonyl (C=O) groups excluding carboxylic acids is 1. The van der Waals surface area contributed by atoms with Crippen LogP contribution >= 0.6 is 11.3 Å². The highest BCUT2D eigenvalue weighted by Gasteiger charge is 2.23. The average molecular weight is 370 g/mol. The van der Waals surface area contributed by atoms with E-state index in [2.05, 4.69) is 4.98 Å². The van der Waals surface area contributed by atoms with E-state index < -0.39 is 12.0 Å². The van der Waals surface area contributed by atoms with Crippen LogP contribution in [0.15, 0.2) is 41.5 Å². The van der Waals surface area contributed by atoms with Crippen LogP contribution in [0.25, 0.3) is 21.3 Å². The quantitative estimate of drug-likeness (QED) is 0.627. The summed E-state index contributed by atoms with van der Waals surface area (Å²) in [4.78, 5) is 31.7. The van der Waals surface area contributed by atoms with E-state index in [1.165, 1.54) is 22.2 Å². The lowest BCUT2D eigenvalue weighted by Crippen LogP contribution is -2.31. The molecule has 0 spiro atoms. The fraction of sp³-hybridized carbons (Fsp3) is 0.350. The summed E-state index contributed by atoms with van der Waals surface area (Å²) in [5.41, 5.74) is 1.65. The molecule has 0 aliphatic rings. The van der Waals surface area contributed by atoms with Gasteiger partial charge in [-0.15, -0.1) is 11.3 Å². The van der Waals surface area contributed by atoms with Crippen LogP contribution in [-0.2, 0) is 9.53 Å². The normalized spacial score (nSPS) is 13.5. The van der Waals surface area contributed by atoms with Crippen LogP contribution in [0.4, 0.5) is 0 Å². The third kappa shape index (κ3) is 3.29. The van der Waals surface area contributed by atoms with Crippen LogP contribution in [-0.4, -0.2) is 21.6 Å². The number of benzene rings is 1. The van der Waals surface area contributed by atoms with Crippen molar-refractivity contribution in [3.8, 4) is 11.1 Å². The van der Waals surface area contributed by atoms with Crippen molar-refractivity contribution in [1.29, 1.82) is 0 Å². The molecule has 0 aliphatic heterocycles. The van der Waals surface area contributed by atoms with Gasteiger partial charge in [0.15, 0.2) is 0 Å². The van der Waals surface area contributed by atoms with Crippen molar-refractivity contribution < 1.29 is 9.53 Å². The molecule has 0 radical (unpaired) electrons. The highest BCUT2D eigenvalue weighted by Crippen LogP contribution is 2.35. The lowest BCUT2D eigenvalue weighted by molar-refractivity contribution is -0.152. The molecule has 2 heterocycles. The zero-order valence-electron chi connectivity index (χ0n) is 15.4. The first-order valence-electron chi connectivity index (χ1n) is 8.70. The summed E-state index contributed by atoms with van der Waals surface area (Å²) >= 11 is 1.49. The molecule has 0 unspecified atom stereocenters. The maximum Gasteiger partial charge on any atom is 0.329 e. The van der Waals surface area contributed by atoms with Crippen molar-refractivity contribution in [3.63, 3.8) is 0 Å². The first kappa shape index (κ1) is 18.3. The summed E-state index contributed by atoms with van der Waals surface area (Å²) in [6, 6.07) is 9.06. The first-order valence-corrected chi connectivity index (χ1v) is 9.51. The van der Waals surface area contributed by atoms with Gasteiger partial charge in [-0.05, 0) is 32.8 Å². The van der Waals surface area contributed by atoms with Gasteiger partial charge >= 0.3 is 5.97 Å². The standard InChI is InChI=1S/C20H22N2O3S/c1-5-12(2)25-20(24)13(3)22-11-21-18-17(19(22)23)16(14(4)26-18)15-9-7-6-8-10-15/h6-13H,5H2,1-4H3/t12-,13+/m1/s1. The Hall–Kier alpha value is -2.47. The molecule has 1 aromatic carbocycles. The monoisotopic (exact) mass is 370 g/mol. The minimum absolute atomic E-state index is 0.180. The SMILES string of the molecule is CC[C@@H](C)OC(=O)[C@H](C)n1cnc2sc(C)c(-c3ccccc3)c2c1=O. The van der Waals surface area contributed by atoms with E-state index in [0.717, 1.165) is 22.4 Å². The highest BCUT2D eigenvalue weighted by atomic mass is 32.1. The fourth-order valence-corrected chi connectivity index (χ4v) is 3.84. The largest absolute Gasteiger partial charge is 0.461 e. The predicted molar refractivity (Wildman–Crippen MR) is 105 cm³/mol. The Morgan fingerprint density at radius 1 is 1.27 bits per heavy atom. The van der Waals surface area contributed by atoms with Crippen LogP contribution in [0.1, 0.15) is 38.1 Å². The minimum atomic E-state index is -0.725. The molecule has 0 saturated heterocycles. The maximum atomic E-state index is 13.2. The van der Waals surface area contributed by atoms with Gasteiger partial charge in [-0.2, -0.15) is 0 Å². The van der Waals surface area contributed by atoms with Crippen molar-refractivity contribution in [3.05, 3.63) is 51.9 Å². The predicted octanol–water partition coefficient (Wildman–Crippen LogP) is 4.34. The Bertz CT molecular complexity index is 991. The van der Waals surface area contributed by atoms with Gasteiger partial charge in [0.2, 0.25) is 0 Å². The van der Waals surface area contributed by atoms with Gasteiger partial charge in [-0.1, -0.05) is 37.3 Å². The summed E-state index contributed by atoms with van der Waals surface area (Å²) in [6.45, 7) is 7.44. The van der Waals surface area contributed by atoms with E-state index in [4.69, 9.17) is 4.74 Å². The van der Waals surface area contributed by atoms with E-state index in [9.17, 15) is 9.59 Å². The summed E-state index contributed by atoms with van der Waals surface area (Å²) in [7, 11) is 0. The second-order valence-electron chi connectivity index (χ2n) is 6.37. The Kier molecular flexibility index (Phi) is 5.23.